The summed E-state index contributed by atoms with van der Waals surface area (Å²) in [4.78, 5) is 22.7. The van der Waals surface area contributed by atoms with Crippen LogP contribution in [0.25, 0.3) is 0 Å². The van der Waals surface area contributed by atoms with Crippen LogP contribution in [0.5, 0.6) is 0 Å². The molecule has 18 heavy (non-hydrogen) atoms. The third-order valence-electron chi connectivity index (χ3n) is 2.56. The predicted octanol–water partition coefficient (Wildman–Crippen LogP) is 1.26. The van der Waals surface area contributed by atoms with Crippen molar-refractivity contribution in [3.05, 3.63) is 64.1 Å². The van der Waals surface area contributed by atoms with Gasteiger partial charge in [0.2, 0.25) is 0 Å². The number of H-pyrrole nitrogens is 1. The van der Waals surface area contributed by atoms with Crippen molar-refractivity contribution in [2.24, 2.45) is 0 Å². The van der Waals surface area contributed by atoms with Crippen LogP contribution in [0, 0.1) is 0 Å². The van der Waals surface area contributed by atoms with Gasteiger partial charge in [0.1, 0.15) is 5.69 Å². The second-order valence-corrected chi connectivity index (χ2v) is 3.91. The van der Waals surface area contributed by atoms with Gasteiger partial charge < -0.3 is 5.32 Å². The Morgan fingerprint density at radius 3 is 2.56 bits per heavy atom. The largest absolute Gasteiger partial charge is 0.344 e. The lowest BCUT2D eigenvalue weighted by Crippen LogP contribution is -2.28. The van der Waals surface area contributed by atoms with E-state index < -0.39 is 0 Å². The molecule has 0 aliphatic heterocycles. The number of rotatable bonds is 3. The molecular formula is C13H13N3O2. The zero-order chi connectivity index (χ0) is 13.0. The van der Waals surface area contributed by atoms with Crippen molar-refractivity contribution in [3.8, 4) is 0 Å². The maximum atomic E-state index is 11.8. The van der Waals surface area contributed by atoms with E-state index in [-0.39, 0.29) is 23.2 Å². The number of amides is 1. The molecule has 0 aliphatic carbocycles. The molecule has 1 aromatic heterocycles. The fraction of sp³-hybridized carbons (Fsp3) is 0.154. The maximum absolute atomic E-state index is 11.8. The monoisotopic (exact) mass is 243 g/mol. The van der Waals surface area contributed by atoms with Crippen LogP contribution >= 0.6 is 0 Å². The molecule has 92 valence electrons. The highest BCUT2D eigenvalue weighted by Gasteiger charge is 2.12. The van der Waals surface area contributed by atoms with Crippen molar-refractivity contribution in [2.45, 2.75) is 13.0 Å². The second-order valence-electron chi connectivity index (χ2n) is 3.91. The van der Waals surface area contributed by atoms with E-state index in [0.717, 1.165) is 5.56 Å². The normalized spacial score (nSPS) is 11.8. The Balaban J connectivity index is 2.08. The highest BCUT2D eigenvalue weighted by Crippen LogP contribution is 2.11. The third-order valence-corrected chi connectivity index (χ3v) is 2.56. The minimum Gasteiger partial charge on any atom is -0.344 e. The first-order valence-corrected chi connectivity index (χ1v) is 5.58. The first kappa shape index (κ1) is 12.0. The Morgan fingerprint density at radius 2 is 1.94 bits per heavy atom. The molecule has 2 aromatic rings. The summed E-state index contributed by atoms with van der Waals surface area (Å²) in [5.41, 5.74) is 0.871. The summed E-state index contributed by atoms with van der Waals surface area (Å²) in [5.74, 6) is -0.317. The number of nitrogens with zero attached hydrogens (tertiary/aromatic N) is 1. The molecule has 0 saturated heterocycles. The first-order chi connectivity index (χ1) is 8.66. The SMILES string of the molecule is CC(NC(=O)c1ccc(=O)[nH]n1)c1ccccc1. The van der Waals surface area contributed by atoms with Gasteiger partial charge in [-0.1, -0.05) is 30.3 Å². The van der Waals surface area contributed by atoms with E-state index in [1.165, 1.54) is 12.1 Å². The van der Waals surface area contributed by atoms with Gasteiger partial charge in [-0.15, -0.1) is 0 Å². The van der Waals surface area contributed by atoms with Gasteiger partial charge in [-0.3, -0.25) is 9.59 Å². The zero-order valence-corrected chi connectivity index (χ0v) is 9.88. The fourth-order valence-corrected chi connectivity index (χ4v) is 1.57. The molecule has 1 unspecified atom stereocenters. The molecule has 0 saturated carbocycles. The van der Waals surface area contributed by atoms with Crippen LogP contribution in [0.1, 0.15) is 29.0 Å². The van der Waals surface area contributed by atoms with Crippen LogP contribution in [0.4, 0.5) is 0 Å². The lowest BCUT2D eigenvalue weighted by atomic mass is 10.1. The highest BCUT2D eigenvalue weighted by molar-refractivity contribution is 5.92. The summed E-state index contributed by atoms with van der Waals surface area (Å²) in [5, 5.41) is 8.71. The van der Waals surface area contributed by atoms with Gasteiger partial charge in [-0.05, 0) is 18.6 Å². The van der Waals surface area contributed by atoms with Crippen LogP contribution in [0.15, 0.2) is 47.3 Å². The van der Waals surface area contributed by atoms with Crippen molar-refractivity contribution in [2.75, 3.05) is 0 Å². The molecule has 0 aliphatic rings. The van der Waals surface area contributed by atoms with Crippen LogP contribution in [-0.2, 0) is 0 Å². The van der Waals surface area contributed by atoms with Gasteiger partial charge >= 0.3 is 0 Å². The Kier molecular flexibility index (Phi) is 3.52. The molecule has 1 atom stereocenters. The van der Waals surface area contributed by atoms with E-state index in [4.69, 9.17) is 0 Å². The number of hydrogen-bond donors (Lipinski definition) is 2. The first-order valence-electron chi connectivity index (χ1n) is 5.58. The molecule has 0 bridgehead atoms. The van der Waals surface area contributed by atoms with E-state index in [0.29, 0.717) is 0 Å². The summed E-state index contributed by atoms with van der Waals surface area (Å²) in [6.07, 6.45) is 0. The van der Waals surface area contributed by atoms with Gasteiger partial charge in [-0.2, -0.15) is 5.10 Å². The minimum absolute atomic E-state index is 0.118. The van der Waals surface area contributed by atoms with Gasteiger partial charge in [-0.25, -0.2) is 5.10 Å². The topological polar surface area (TPSA) is 74.8 Å². The van der Waals surface area contributed by atoms with E-state index in [1.54, 1.807) is 0 Å². The van der Waals surface area contributed by atoms with E-state index >= 15 is 0 Å². The lowest BCUT2D eigenvalue weighted by Gasteiger charge is -2.13. The van der Waals surface area contributed by atoms with Crippen molar-refractivity contribution < 1.29 is 4.79 Å². The highest BCUT2D eigenvalue weighted by atomic mass is 16.2. The number of benzene rings is 1. The van der Waals surface area contributed by atoms with Crippen molar-refractivity contribution >= 4 is 5.91 Å². The van der Waals surface area contributed by atoms with Crippen LogP contribution in [-0.4, -0.2) is 16.1 Å². The summed E-state index contributed by atoms with van der Waals surface area (Å²) in [6, 6.07) is 12.2. The zero-order valence-electron chi connectivity index (χ0n) is 9.88. The number of carbonyl (C=O) groups is 1. The van der Waals surface area contributed by atoms with Crippen LogP contribution < -0.4 is 10.9 Å². The Labute approximate surface area is 104 Å². The smallest absolute Gasteiger partial charge is 0.272 e. The summed E-state index contributed by atoms with van der Waals surface area (Å²) < 4.78 is 0. The van der Waals surface area contributed by atoms with E-state index in [9.17, 15) is 9.59 Å². The number of nitrogens with one attached hydrogen (secondary N) is 2. The molecule has 2 rings (SSSR count). The average Bonchev–Trinajstić information content (AvgIpc) is 2.40. The molecule has 1 amide bonds. The summed E-state index contributed by atoms with van der Waals surface area (Å²) in [6.45, 7) is 1.89. The third kappa shape index (κ3) is 2.82. The average molecular weight is 243 g/mol. The minimum atomic E-state index is -0.331. The standard InChI is InChI=1S/C13H13N3O2/c1-9(10-5-3-2-4-6-10)14-13(18)11-7-8-12(17)16-15-11/h2-9H,1H3,(H,14,18)(H,16,17). The summed E-state index contributed by atoms with van der Waals surface area (Å²) in [7, 11) is 0. The number of aromatic amines is 1. The molecule has 1 heterocycles. The van der Waals surface area contributed by atoms with E-state index in [1.807, 2.05) is 37.3 Å². The van der Waals surface area contributed by atoms with Gasteiger partial charge in [0.15, 0.2) is 0 Å². The Hall–Kier alpha value is -2.43. The van der Waals surface area contributed by atoms with Crippen molar-refractivity contribution in [3.63, 3.8) is 0 Å². The molecule has 1 aromatic carbocycles. The van der Waals surface area contributed by atoms with Crippen LogP contribution in [0.2, 0.25) is 0 Å². The molecule has 0 spiro atoms. The molecular weight excluding hydrogens is 230 g/mol. The molecule has 0 radical (unpaired) electrons. The number of aromatic nitrogens is 2. The second kappa shape index (κ2) is 5.27. The number of hydrogen-bond acceptors (Lipinski definition) is 3. The predicted molar refractivity (Wildman–Crippen MR) is 67.2 cm³/mol. The van der Waals surface area contributed by atoms with Gasteiger partial charge in [0.25, 0.3) is 11.5 Å². The Bertz CT molecular complexity index is 572. The van der Waals surface area contributed by atoms with E-state index in [2.05, 4.69) is 15.5 Å². The number of carbonyl (C=O) groups excluding carboxylic acids is 1. The molecule has 5 heteroatoms. The summed E-state index contributed by atoms with van der Waals surface area (Å²) >= 11 is 0. The van der Waals surface area contributed by atoms with Crippen molar-refractivity contribution in [1.82, 2.24) is 15.5 Å². The van der Waals surface area contributed by atoms with Crippen molar-refractivity contribution in [1.29, 1.82) is 0 Å². The fourth-order valence-electron chi connectivity index (χ4n) is 1.57. The van der Waals surface area contributed by atoms with Crippen LogP contribution in [0.3, 0.4) is 0 Å². The van der Waals surface area contributed by atoms with Gasteiger partial charge in [0, 0.05) is 6.07 Å². The maximum Gasteiger partial charge on any atom is 0.272 e. The Morgan fingerprint density at radius 1 is 1.22 bits per heavy atom. The molecule has 5 nitrogen and oxygen atoms in total. The molecule has 0 fully saturated rings. The molecule has 2 N–H and O–H groups in total. The lowest BCUT2D eigenvalue weighted by molar-refractivity contribution is 0.0933. The quantitative estimate of drug-likeness (QED) is 0.852. The van der Waals surface area contributed by atoms with Gasteiger partial charge in [0.05, 0.1) is 6.04 Å².